The first-order chi connectivity index (χ1) is 7.65. The Hall–Kier alpha value is -1.89. The van der Waals surface area contributed by atoms with Crippen molar-refractivity contribution >= 4 is 28.1 Å². The van der Waals surface area contributed by atoms with Crippen LogP contribution in [0.1, 0.15) is 5.69 Å². The summed E-state index contributed by atoms with van der Waals surface area (Å²) < 4.78 is 1.85. The van der Waals surface area contributed by atoms with E-state index in [0.29, 0.717) is 5.69 Å². The van der Waals surface area contributed by atoms with Crippen LogP contribution in [0.5, 0.6) is 0 Å². The largest absolute Gasteiger partial charge is 0.368 e. The zero-order valence-electron chi connectivity index (χ0n) is 8.34. The molecule has 2 heterocycles. The zero-order valence-corrected chi connectivity index (χ0v) is 9.16. The summed E-state index contributed by atoms with van der Waals surface area (Å²) in [6.07, 6.45) is 3.81. The lowest BCUT2D eigenvalue weighted by Gasteiger charge is -1.99. The Labute approximate surface area is 95.1 Å². The number of primary amides is 1. The molecular formula is C9H10N4O2S. The number of hydrogen-bond donors (Lipinski definition) is 2. The number of nitrogens with zero attached hydrogens (tertiary/aromatic N) is 2. The lowest BCUT2D eigenvalue weighted by molar-refractivity contribution is -0.124. The van der Waals surface area contributed by atoms with E-state index in [1.807, 2.05) is 16.0 Å². The normalized spacial score (nSPS) is 10.5. The summed E-state index contributed by atoms with van der Waals surface area (Å²) in [6.45, 7) is -0.138. The summed E-state index contributed by atoms with van der Waals surface area (Å²) >= 11 is 1.50. The van der Waals surface area contributed by atoms with Gasteiger partial charge < -0.3 is 11.1 Å². The van der Waals surface area contributed by atoms with Gasteiger partial charge in [0.25, 0.3) is 0 Å². The Morgan fingerprint density at radius 2 is 2.38 bits per heavy atom. The molecule has 3 N–H and O–H groups in total. The zero-order chi connectivity index (χ0) is 11.5. The van der Waals surface area contributed by atoms with Crippen LogP contribution in [0.3, 0.4) is 0 Å². The number of carbonyl (C=O) groups is 2. The molecule has 0 bridgehead atoms. The molecule has 0 aromatic carbocycles. The van der Waals surface area contributed by atoms with Crippen molar-refractivity contribution in [1.82, 2.24) is 14.7 Å². The average molecular weight is 238 g/mol. The number of carbonyl (C=O) groups excluding carboxylic acids is 2. The minimum atomic E-state index is -0.556. The molecule has 2 aromatic rings. The molecule has 0 fully saturated rings. The molecule has 0 unspecified atom stereocenters. The Bertz CT molecular complexity index is 502. The van der Waals surface area contributed by atoms with Crippen molar-refractivity contribution in [3.05, 3.63) is 23.5 Å². The van der Waals surface area contributed by atoms with Crippen LogP contribution < -0.4 is 11.1 Å². The molecule has 0 radical (unpaired) electrons. The highest BCUT2D eigenvalue weighted by molar-refractivity contribution is 7.15. The van der Waals surface area contributed by atoms with E-state index in [0.717, 1.165) is 4.96 Å². The van der Waals surface area contributed by atoms with Gasteiger partial charge in [-0.15, -0.1) is 11.3 Å². The number of thiazole rings is 1. The second kappa shape index (κ2) is 4.31. The number of imidazole rings is 1. The highest BCUT2D eigenvalue weighted by Gasteiger charge is 2.08. The van der Waals surface area contributed by atoms with Crippen LogP contribution >= 0.6 is 11.3 Å². The van der Waals surface area contributed by atoms with Crippen molar-refractivity contribution in [1.29, 1.82) is 0 Å². The number of aromatic nitrogens is 2. The topological polar surface area (TPSA) is 89.5 Å². The Balaban J connectivity index is 1.96. The second-order valence-corrected chi connectivity index (χ2v) is 4.12. The van der Waals surface area contributed by atoms with Gasteiger partial charge in [-0.2, -0.15) is 0 Å². The van der Waals surface area contributed by atoms with Crippen LogP contribution in [0.15, 0.2) is 17.8 Å². The number of nitrogens with one attached hydrogen (secondary N) is 1. The standard InChI is InChI=1S/C9H10N4O2S/c10-7(14)4-11-8(15)3-6-5-13-1-2-16-9(13)12-6/h1-2,5H,3-4H2,(H2,10,14)(H,11,15). The number of nitrogens with two attached hydrogens (primary N) is 1. The van der Waals surface area contributed by atoms with E-state index >= 15 is 0 Å². The van der Waals surface area contributed by atoms with Crippen molar-refractivity contribution in [2.75, 3.05) is 6.54 Å². The molecule has 6 nitrogen and oxygen atoms in total. The molecule has 0 spiro atoms. The fourth-order valence-corrected chi connectivity index (χ4v) is 1.99. The first-order valence-electron chi connectivity index (χ1n) is 4.61. The average Bonchev–Trinajstić information content (AvgIpc) is 2.74. The van der Waals surface area contributed by atoms with Gasteiger partial charge in [-0.25, -0.2) is 4.98 Å². The smallest absolute Gasteiger partial charge is 0.236 e. The summed E-state index contributed by atoms with van der Waals surface area (Å²) in [4.78, 5) is 26.9. The Morgan fingerprint density at radius 3 is 3.06 bits per heavy atom. The molecule has 7 heteroatoms. The van der Waals surface area contributed by atoms with Gasteiger partial charge in [0.2, 0.25) is 11.8 Å². The third kappa shape index (κ3) is 2.37. The van der Waals surface area contributed by atoms with E-state index in [1.54, 1.807) is 6.20 Å². The summed E-state index contributed by atoms with van der Waals surface area (Å²) in [5.74, 6) is -0.816. The molecule has 2 aromatic heterocycles. The van der Waals surface area contributed by atoms with Crippen molar-refractivity contribution in [2.24, 2.45) is 5.73 Å². The van der Waals surface area contributed by atoms with Crippen molar-refractivity contribution in [3.8, 4) is 0 Å². The molecule has 2 amide bonds. The predicted molar refractivity (Wildman–Crippen MR) is 59.0 cm³/mol. The van der Waals surface area contributed by atoms with E-state index in [-0.39, 0.29) is 18.9 Å². The quantitative estimate of drug-likeness (QED) is 0.755. The summed E-state index contributed by atoms with van der Waals surface area (Å²) in [7, 11) is 0. The van der Waals surface area contributed by atoms with Crippen molar-refractivity contribution in [2.45, 2.75) is 6.42 Å². The molecule has 84 valence electrons. The number of amides is 2. The van der Waals surface area contributed by atoms with E-state index in [1.165, 1.54) is 11.3 Å². The maximum atomic E-state index is 11.4. The fourth-order valence-electron chi connectivity index (χ4n) is 1.27. The molecular weight excluding hydrogens is 228 g/mol. The van der Waals surface area contributed by atoms with Crippen LogP contribution in [0, 0.1) is 0 Å². The number of fused-ring (bicyclic) bond motifs is 1. The third-order valence-electron chi connectivity index (χ3n) is 1.94. The van der Waals surface area contributed by atoms with Gasteiger partial charge in [-0.3, -0.25) is 14.0 Å². The molecule has 0 aliphatic carbocycles. The van der Waals surface area contributed by atoms with Gasteiger partial charge >= 0.3 is 0 Å². The van der Waals surface area contributed by atoms with Gasteiger partial charge in [-0.05, 0) is 0 Å². The van der Waals surface area contributed by atoms with Crippen LogP contribution in [-0.2, 0) is 16.0 Å². The highest BCUT2D eigenvalue weighted by atomic mass is 32.1. The number of rotatable bonds is 4. The van der Waals surface area contributed by atoms with Gasteiger partial charge in [0.1, 0.15) is 0 Å². The maximum Gasteiger partial charge on any atom is 0.236 e. The Kier molecular flexibility index (Phi) is 2.86. The molecule has 0 saturated heterocycles. The molecule has 2 rings (SSSR count). The van der Waals surface area contributed by atoms with E-state index in [2.05, 4.69) is 10.3 Å². The summed E-state index contributed by atoms with van der Waals surface area (Å²) in [5.41, 5.74) is 5.58. The van der Waals surface area contributed by atoms with Crippen LogP contribution in [0.25, 0.3) is 4.96 Å². The number of hydrogen-bond acceptors (Lipinski definition) is 4. The van der Waals surface area contributed by atoms with E-state index in [9.17, 15) is 9.59 Å². The third-order valence-corrected chi connectivity index (χ3v) is 2.72. The second-order valence-electron chi connectivity index (χ2n) is 3.24. The van der Waals surface area contributed by atoms with Crippen LogP contribution in [-0.4, -0.2) is 27.7 Å². The highest BCUT2D eigenvalue weighted by Crippen LogP contribution is 2.11. The fraction of sp³-hybridized carbons (Fsp3) is 0.222. The monoisotopic (exact) mass is 238 g/mol. The lowest BCUT2D eigenvalue weighted by Crippen LogP contribution is -2.34. The SMILES string of the molecule is NC(=O)CNC(=O)Cc1cn2ccsc2n1. The molecule has 0 aliphatic rings. The molecule has 0 aliphatic heterocycles. The summed E-state index contributed by atoms with van der Waals surface area (Å²) in [6, 6.07) is 0. The van der Waals surface area contributed by atoms with Gasteiger partial charge in [0.15, 0.2) is 4.96 Å². The lowest BCUT2D eigenvalue weighted by atomic mass is 10.3. The minimum absolute atomic E-state index is 0.138. The molecule has 16 heavy (non-hydrogen) atoms. The van der Waals surface area contributed by atoms with Crippen molar-refractivity contribution < 1.29 is 9.59 Å². The van der Waals surface area contributed by atoms with E-state index in [4.69, 9.17) is 5.73 Å². The summed E-state index contributed by atoms with van der Waals surface area (Å²) in [5, 5.41) is 4.32. The van der Waals surface area contributed by atoms with Crippen molar-refractivity contribution in [3.63, 3.8) is 0 Å². The minimum Gasteiger partial charge on any atom is -0.368 e. The predicted octanol–water partition coefficient (Wildman–Crippen LogP) is -0.460. The van der Waals surface area contributed by atoms with Gasteiger partial charge in [0.05, 0.1) is 18.7 Å². The Morgan fingerprint density at radius 1 is 1.56 bits per heavy atom. The first kappa shape index (κ1) is 10.6. The van der Waals surface area contributed by atoms with Crippen LogP contribution in [0.4, 0.5) is 0 Å². The molecule has 0 atom stereocenters. The van der Waals surface area contributed by atoms with Gasteiger partial charge in [0, 0.05) is 17.8 Å². The van der Waals surface area contributed by atoms with Crippen LogP contribution in [0.2, 0.25) is 0 Å². The first-order valence-corrected chi connectivity index (χ1v) is 5.49. The van der Waals surface area contributed by atoms with E-state index < -0.39 is 5.91 Å². The maximum absolute atomic E-state index is 11.4. The molecule has 0 saturated carbocycles. The van der Waals surface area contributed by atoms with Gasteiger partial charge in [-0.1, -0.05) is 0 Å².